The monoisotopic (exact) mass is 300 g/mol. The van der Waals surface area contributed by atoms with Gasteiger partial charge in [-0.15, -0.1) is 0 Å². The molecule has 0 saturated heterocycles. The number of aryl methyl sites for hydroxylation is 1. The summed E-state index contributed by atoms with van der Waals surface area (Å²) >= 11 is 0. The molecule has 0 saturated carbocycles. The van der Waals surface area contributed by atoms with Gasteiger partial charge in [0, 0.05) is 17.1 Å². The lowest BCUT2D eigenvalue weighted by molar-refractivity contribution is 0.577. The van der Waals surface area contributed by atoms with E-state index in [0.29, 0.717) is 17.2 Å². The first-order chi connectivity index (χ1) is 10.5. The molecule has 6 heteroatoms. The number of nitrogens with zero attached hydrogens (tertiary/aromatic N) is 3. The summed E-state index contributed by atoms with van der Waals surface area (Å²) in [5, 5.41) is 3.91. The Kier molecular flexibility index (Phi) is 3.66. The number of pyridine rings is 1. The van der Waals surface area contributed by atoms with Crippen molar-refractivity contribution in [2.45, 2.75) is 19.9 Å². The molecular weight excluding hydrogens is 286 g/mol. The number of anilines is 1. The number of nitrogens with one attached hydrogen (secondary N) is 1. The van der Waals surface area contributed by atoms with Gasteiger partial charge in [0.15, 0.2) is 0 Å². The molecule has 0 fully saturated rings. The second-order valence-corrected chi connectivity index (χ2v) is 5.04. The second kappa shape index (κ2) is 5.63. The van der Waals surface area contributed by atoms with E-state index < -0.39 is 17.7 Å². The molecule has 22 heavy (non-hydrogen) atoms. The molecule has 0 aliphatic carbocycles. The lowest BCUT2D eigenvalue weighted by Crippen LogP contribution is -2.11. The molecule has 4 nitrogen and oxygen atoms in total. The second-order valence-electron chi connectivity index (χ2n) is 5.04. The topological polar surface area (TPSA) is 50.7 Å². The van der Waals surface area contributed by atoms with Gasteiger partial charge in [-0.05, 0) is 38.1 Å². The Balaban J connectivity index is 2.01. The van der Waals surface area contributed by atoms with E-state index in [2.05, 4.69) is 20.3 Å². The lowest BCUT2D eigenvalue weighted by Gasteiger charge is -2.17. The van der Waals surface area contributed by atoms with Crippen LogP contribution < -0.4 is 5.32 Å². The van der Waals surface area contributed by atoms with Gasteiger partial charge < -0.3 is 5.32 Å². The number of fused-ring (bicyclic) bond motifs is 1. The normalized spacial score (nSPS) is 12.4. The van der Waals surface area contributed by atoms with Crippen molar-refractivity contribution < 1.29 is 8.78 Å². The molecule has 0 bridgehead atoms. The summed E-state index contributed by atoms with van der Waals surface area (Å²) in [7, 11) is 0. The molecule has 2 aromatic heterocycles. The highest BCUT2D eigenvalue weighted by Crippen LogP contribution is 2.25. The van der Waals surface area contributed by atoms with Crippen LogP contribution in [0, 0.1) is 18.6 Å². The highest BCUT2D eigenvalue weighted by atomic mass is 19.1. The van der Waals surface area contributed by atoms with Crippen LogP contribution in [0.5, 0.6) is 0 Å². The SMILES string of the molecule is Cc1nc(N[C@H](C)c2cc(F)ccc2F)c2ccncc2n1. The van der Waals surface area contributed by atoms with Crippen LogP contribution in [0.25, 0.3) is 10.9 Å². The third kappa shape index (κ3) is 2.72. The molecule has 3 aromatic rings. The van der Waals surface area contributed by atoms with E-state index in [9.17, 15) is 8.78 Å². The zero-order valence-corrected chi connectivity index (χ0v) is 12.1. The number of benzene rings is 1. The van der Waals surface area contributed by atoms with Crippen molar-refractivity contribution in [2.24, 2.45) is 0 Å². The maximum Gasteiger partial charge on any atom is 0.138 e. The summed E-state index contributed by atoms with van der Waals surface area (Å²) in [5.74, 6) is 0.215. The summed E-state index contributed by atoms with van der Waals surface area (Å²) in [4.78, 5) is 12.7. The first kappa shape index (κ1) is 14.3. The third-order valence-corrected chi connectivity index (χ3v) is 3.39. The molecule has 1 N–H and O–H groups in total. The zero-order chi connectivity index (χ0) is 15.7. The van der Waals surface area contributed by atoms with Crippen LogP contribution >= 0.6 is 0 Å². The van der Waals surface area contributed by atoms with E-state index in [4.69, 9.17) is 0 Å². The van der Waals surface area contributed by atoms with E-state index in [1.807, 2.05) is 0 Å². The highest BCUT2D eigenvalue weighted by molar-refractivity contribution is 5.88. The Labute approximate surface area is 126 Å². The van der Waals surface area contributed by atoms with Crippen molar-refractivity contribution >= 4 is 16.7 Å². The smallest absolute Gasteiger partial charge is 0.138 e. The first-order valence-electron chi connectivity index (χ1n) is 6.84. The van der Waals surface area contributed by atoms with E-state index in [0.717, 1.165) is 17.5 Å². The molecule has 0 amide bonds. The van der Waals surface area contributed by atoms with Gasteiger partial charge in [-0.1, -0.05) is 0 Å². The minimum absolute atomic E-state index is 0.249. The van der Waals surface area contributed by atoms with Crippen molar-refractivity contribution in [1.29, 1.82) is 0 Å². The predicted molar refractivity (Wildman–Crippen MR) is 80.5 cm³/mol. The number of aromatic nitrogens is 3. The first-order valence-corrected chi connectivity index (χ1v) is 6.84. The number of hydrogen-bond donors (Lipinski definition) is 1. The fourth-order valence-corrected chi connectivity index (χ4v) is 2.34. The van der Waals surface area contributed by atoms with Gasteiger partial charge in [-0.3, -0.25) is 4.98 Å². The van der Waals surface area contributed by atoms with Crippen molar-refractivity contribution in [3.63, 3.8) is 0 Å². The van der Waals surface area contributed by atoms with E-state index >= 15 is 0 Å². The molecule has 1 aromatic carbocycles. The molecule has 0 unspecified atom stereocenters. The molecule has 0 radical (unpaired) electrons. The van der Waals surface area contributed by atoms with Gasteiger partial charge in [0.2, 0.25) is 0 Å². The Morgan fingerprint density at radius 2 is 1.95 bits per heavy atom. The van der Waals surface area contributed by atoms with Crippen LogP contribution in [0.1, 0.15) is 24.4 Å². The molecule has 112 valence electrons. The average Bonchev–Trinajstić information content (AvgIpc) is 2.49. The Bertz CT molecular complexity index is 835. The molecule has 1 atom stereocenters. The Morgan fingerprint density at radius 3 is 2.77 bits per heavy atom. The van der Waals surface area contributed by atoms with Crippen molar-refractivity contribution in [1.82, 2.24) is 15.0 Å². The van der Waals surface area contributed by atoms with Crippen LogP contribution in [0.2, 0.25) is 0 Å². The summed E-state index contributed by atoms with van der Waals surface area (Å²) in [6, 6.07) is 4.75. The van der Waals surface area contributed by atoms with Crippen molar-refractivity contribution in [3.8, 4) is 0 Å². The molecule has 3 rings (SSSR count). The van der Waals surface area contributed by atoms with Crippen LogP contribution in [0.3, 0.4) is 0 Å². The Hall–Kier alpha value is -2.63. The number of rotatable bonds is 3. The fourth-order valence-electron chi connectivity index (χ4n) is 2.34. The summed E-state index contributed by atoms with van der Waals surface area (Å²) in [6.45, 7) is 3.52. The average molecular weight is 300 g/mol. The number of hydrogen-bond acceptors (Lipinski definition) is 4. The van der Waals surface area contributed by atoms with E-state index in [-0.39, 0.29) is 5.56 Å². The molecule has 0 aliphatic rings. The lowest BCUT2D eigenvalue weighted by atomic mass is 10.1. The van der Waals surface area contributed by atoms with Gasteiger partial charge in [0.1, 0.15) is 23.3 Å². The van der Waals surface area contributed by atoms with E-state index in [1.165, 1.54) is 6.07 Å². The molecule has 0 spiro atoms. The van der Waals surface area contributed by atoms with Crippen LogP contribution in [-0.4, -0.2) is 15.0 Å². The zero-order valence-electron chi connectivity index (χ0n) is 12.1. The summed E-state index contributed by atoms with van der Waals surface area (Å²) < 4.78 is 27.2. The van der Waals surface area contributed by atoms with Gasteiger partial charge in [0.25, 0.3) is 0 Å². The maximum absolute atomic E-state index is 13.9. The van der Waals surface area contributed by atoms with Gasteiger partial charge in [0.05, 0.1) is 17.8 Å². The summed E-state index contributed by atoms with van der Waals surface area (Å²) in [6.07, 6.45) is 3.28. The minimum Gasteiger partial charge on any atom is -0.363 e. The van der Waals surface area contributed by atoms with Gasteiger partial charge in [-0.2, -0.15) is 0 Å². The quantitative estimate of drug-likeness (QED) is 0.799. The molecular formula is C16H14F2N4. The standard InChI is InChI=1S/C16H14F2N4/c1-9(13-7-11(17)3-4-14(13)18)20-16-12-5-6-19-8-15(12)21-10(2)22-16/h3-9H,1-2H3,(H,20,21,22)/t9-/m1/s1. The van der Waals surface area contributed by atoms with Crippen LogP contribution in [0.15, 0.2) is 36.7 Å². The molecule has 0 aliphatic heterocycles. The predicted octanol–water partition coefficient (Wildman–Crippen LogP) is 3.78. The van der Waals surface area contributed by atoms with Crippen molar-refractivity contribution in [2.75, 3.05) is 5.32 Å². The number of halogens is 2. The van der Waals surface area contributed by atoms with Crippen LogP contribution in [0.4, 0.5) is 14.6 Å². The maximum atomic E-state index is 13.9. The van der Waals surface area contributed by atoms with E-state index in [1.54, 1.807) is 32.3 Å². The molecule has 2 heterocycles. The fraction of sp³-hybridized carbons (Fsp3) is 0.188. The van der Waals surface area contributed by atoms with Gasteiger partial charge in [-0.25, -0.2) is 18.7 Å². The van der Waals surface area contributed by atoms with Crippen LogP contribution in [-0.2, 0) is 0 Å². The third-order valence-electron chi connectivity index (χ3n) is 3.39. The largest absolute Gasteiger partial charge is 0.363 e. The van der Waals surface area contributed by atoms with Crippen molar-refractivity contribution in [3.05, 3.63) is 59.7 Å². The highest BCUT2D eigenvalue weighted by Gasteiger charge is 2.14. The Morgan fingerprint density at radius 1 is 1.14 bits per heavy atom. The van der Waals surface area contributed by atoms with Gasteiger partial charge >= 0.3 is 0 Å². The summed E-state index contributed by atoms with van der Waals surface area (Å²) in [5.41, 5.74) is 0.947. The minimum atomic E-state index is -0.474.